The summed E-state index contributed by atoms with van der Waals surface area (Å²) in [6.07, 6.45) is 2.93. The van der Waals surface area contributed by atoms with E-state index in [9.17, 15) is 0 Å². The minimum Gasteiger partial charge on any atom is -0.488 e. The van der Waals surface area contributed by atoms with E-state index in [0.29, 0.717) is 6.61 Å². The van der Waals surface area contributed by atoms with Crippen molar-refractivity contribution in [1.82, 2.24) is 0 Å². The first-order valence-electron chi connectivity index (χ1n) is 6.44. The summed E-state index contributed by atoms with van der Waals surface area (Å²) in [6, 6.07) is 5.81. The molecule has 3 nitrogen and oxygen atoms in total. The van der Waals surface area contributed by atoms with Gasteiger partial charge in [0.05, 0.1) is 6.61 Å². The van der Waals surface area contributed by atoms with Gasteiger partial charge in [-0.05, 0) is 38.3 Å². The molecule has 0 radical (unpaired) electrons. The fourth-order valence-corrected chi connectivity index (χ4v) is 2.40. The third-order valence-corrected chi connectivity index (χ3v) is 3.37. The largest absolute Gasteiger partial charge is 0.488 e. The van der Waals surface area contributed by atoms with E-state index in [1.807, 2.05) is 25.1 Å². The van der Waals surface area contributed by atoms with Gasteiger partial charge in [0.25, 0.3) is 0 Å². The second-order valence-corrected chi connectivity index (χ2v) is 5.26. The van der Waals surface area contributed by atoms with Crippen molar-refractivity contribution in [2.24, 2.45) is 5.73 Å². The lowest BCUT2D eigenvalue weighted by atomic mass is 10.1. The molecule has 0 saturated carbocycles. The van der Waals surface area contributed by atoms with Crippen molar-refractivity contribution in [3.8, 4) is 5.75 Å². The second kappa shape index (κ2) is 6.41. The molecule has 1 saturated heterocycles. The van der Waals surface area contributed by atoms with Crippen molar-refractivity contribution in [2.75, 3.05) is 13.2 Å². The van der Waals surface area contributed by atoms with Crippen LogP contribution >= 0.6 is 11.6 Å². The SMILES string of the molecule is CC(N)Cc1c(Cl)cccc1OC1CCCOC1. The number of hydrogen-bond donors (Lipinski definition) is 1. The maximum atomic E-state index is 6.22. The predicted molar refractivity (Wildman–Crippen MR) is 73.3 cm³/mol. The highest BCUT2D eigenvalue weighted by Crippen LogP contribution is 2.29. The maximum absolute atomic E-state index is 6.22. The summed E-state index contributed by atoms with van der Waals surface area (Å²) >= 11 is 6.22. The number of rotatable bonds is 4. The topological polar surface area (TPSA) is 44.5 Å². The Morgan fingerprint density at radius 2 is 2.39 bits per heavy atom. The summed E-state index contributed by atoms with van der Waals surface area (Å²) in [4.78, 5) is 0. The van der Waals surface area contributed by atoms with Crippen LogP contribution in [0.25, 0.3) is 0 Å². The first kappa shape index (κ1) is 13.7. The first-order chi connectivity index (χ1) is 8.66. The Hall–Kier alpha value is -0.770. The average molecular weight is 270 g/mol. The fraction of sp³-hybridized carbons (Fsp3) is 0.571. The van der Waals surface area contributed by atoms with Crippen molar-refractivity contribution >= 4 is 11.6 Å². The number of hydrogen-bond acceptors (Lipinski definition) is 3. The van der Waals surface area contributed by atoms with Crippen LogP contribution in [0.2, 0.25) is 5.02 Å². The molecule has 2 rings (SSSR count). The smallest absolute Gasteiger partial charge is 0.124 e. The van der Waals surface area contributed by atoms with E-state index in [0.717, 1.165) is 42.2 Å². The van der Waals surface area contributed by atoms with Crippen LogP contribution in [0.3, 0.4) is 0 Å². The van der Waals surface area contributed by atoms with Gasteiger partial charge in [-0.1, -0.05) is 17.7 Å². The molecular formula is C14H20ClNO2. The van der Waals surface area contributed by atoms with Gasteiger partial charge < -0.3 is 15.2 Å². The van der Waals surface area contributed by atoms with Crippen LogP contribution in [0, 0.1) is 0 Å². The van der Waals surface area contributed by atoms with Crippen LogP contribution < -0.4 is 10.5 Å². The third-order valence-electron chi connectivity index (χ3n) is 3.01. The summed E-state index contributed by atoms with van der Waals surface area (Å²) in [5.41, 5.74) is 6.86. The molecule has 1 aliphatic heterocycles. The van der Waals surface area contributed by atoms with E-state index in [4.69, 9.17) is 26.8 Å². The molecule has 1 aliphatic rings. The van der Waals surface area contributed by atoms with E-state index in [-0.39, 0.29) is 12.1 Å². The molecule has 0 bridgehead atoms. The molecule has 0 aromatic heterocycles. The van der Waals surface area contributed by atoms with Crippen LogP contribution in [0.5, 0.6) is 5.75 Å². The minimum absolute atomic E-state index is 0.0647. The van der Waals surface area contributed by atoms with Gasteiger partial charge in [-0.2, -0.15) is 0 Å². The molecule has 2 N–H and O–H groups in total. The summed E-state index contributed by atoms with van der Waals surface area (Å²) in [5, 5.41) is 0.724. The Bertz CT molecular complexity index is 389. The zero-order valence-electron chi connectivity index (χ0n) is 10.7. The van der Waals surface area contributed by atoms with E-state index in [1.54, 1.807) is 0 Å². The highest BCUT2D eigenvalue weighted by atomic mass is 35.5. The summed E-state index contributed by atoms with van der Waals surface area (Å²) in [5.74, 6) is 0.843. The van der Waals surface area contributed by atoms with Crippen molar-refractivity contribution in [3.05, 3.63) is 28.8 Å². The predicted octanol–water partition coefficient (Wildman–Crippen LogP) is 2.79. The van der Waals surface area contributed by atoms with Gasteiger partial charge >= 0.3 is 0 Å². The molecule has 2 atom stereocenters. The maximum Gasteiger partial charge on any atom is 0.124 e. The quantitative estimate of drug-likeness (QED) is 0.914. The Morgan fingerprint density at radius 3 is 3.06 bits per heavy atom. The molecule has 1 heterocycles. The summed E-state index contributed by atoms with van der Waals surface area (Å²) in [6.45, 7) is 3.46. The summed E-state index contributed by atoms with van der Waals surface area (Å²) in [7, 11) is 0. The average Bonchev–Trinajstić information content (AvgIpc) is 2.34. The molecule has 1 aromatic rings. The highest BCUT2D eigenvalue weighted by Gasteiger charge is 2.18. The number of benzene rings is 1. The van der Waals surface area contributed by atoms with Crippen molar-refractivity contribution in [3.63, 3.8) is 0 Å². The van der Waals surface area contributed by atoms with E-state index >= 15 is 0 Å². The Balaban J connectivity index is 2.12. The van der Waals surface area contributed by atoms with E-state index in [2.05, 4.69) is 0 Å². The standard InChI is InChI=1S/C14H20ClNO2/c1-10(16)8-12-13(15)5-2-6-14(12)18-11-4-3-7-17-9-11/h2,5-6,10-11H,3-4,7-9,16H2,1H3. The Kier molecular flexibility index (Phi) is 4.87. The van der Waals surface area contributed by atoms with Crippen molar-refractivity contribution < 1.29 is 9.47 Å². The Morgan fingerprint density at radius 1 is 1.56 bits per heavy atom. The number of ether oxygens (including phenoxy) is 2. The monoisotopic (exact) mass is 269 g/mol. The van der Waals surface area contributed by atoms with Gasteiger partial charge in [0.1, 0.15) is 11.9 Å². The molecular weight excluding hydrogens is 250 g/mol. The van der Waals surface area contributed by atoms with Gasteiger partial charge in [0.15, 0.2) is 0 Å². The van der Waals surface area contributed by atoms with E-state index < -0.39 is 0 Å². The molecule has 4 heteroatoms. The Labute approximate surface area is 113 Å². The molecule has 2 unspecified atom stereocenters. The van der Waals surface area contributed by atoms with Gasteiger partial charge in [-0.15, -0.1) is 0 Å². The van der Waals surface area contributed by atoms with Crippen LogP contribution in [0.1, 0.15) is 25.3 Å². The molecule has 0 amide bonds. The van der Waals surface area contributed by atoms with Crippen LogP contribution in [0.4, 0.5) is 0 Å². The highest BCUT2D eigenvalue weighted by molar-refractivity contribution is 6.31. The van der Waals surface area contributed by atoms with Gasteiger partial charge in [0.2, 0.25) is 0 Å². The van der Waals surface area contributed by atoms with Gasteiger partial charge in [-0.25, -0.2) is 0 Å². The first-order valence-corrected chi connectivity index (χ1v) is 6.82. The molecule has 1 aromatic carbocycles. The zero-order chi connectivity index (χ0) is 13.0. The fourth-order valence-electron chi connectivity index (χ4n) is 2.15. The number of nitrogens with two attached hydrogens (primary N) is 1. The van der Waals surface area contributed by atoms with Gasteiger partial charge in [0, 0.05) is 23.2 Å². The van der Waals surface area contributed by atoms with Crippen LogP contribution in [-0.2, 0) is 11.2 Å². The van der Waals surface area contributed by atoms with Crippen molar-refractivity contribution in [1.29, 1.82) is 0 Å². The normalized spacial score (nSPS) is 21.6. The molecule has 1 fully saturated rings. The second-order valence-electron chi connectivity index (χ2n) is 4.85. The molecule has 0 spiro atoms. The zero-order valence-corrected chi connectivity index (χ0v) is 11.5. The minimum atomic E-state index is 0.0647. The van der Waals surface area contributed by atoms with E-state index in [1.165, 1.54) is 0 Å². The lowest BCUT2D eigenvalue weighted by Crippen LogP contribution is -2.28. The molecule has 0 aliphatic carbocycles. The van der Waals surface area contributed by atoms with Crippen LogP contribution in [-0.4, -0.2) is 25.4 Å². The van der Waals surface area contributed by atoms with Crippen molar-refractivity contribution in [2.45, 2.75) is 38.3 Å². The lowest BCUT2D eigenvalue weighted by molar-refractivity contribution is 0.00703. The van der Waals surface area contributed by atoms with Gasteiger partial charge in [-0.3, -0.25) is 0 Å². The number of halogens is 1. The molecule has 18 heavy (non-hydrogen) atoms. The third kappa shape index (κ3) is 3.61. The summed E-state index contributed by atoms with van der Waals surface area (Å²) < 4.78 is 11.4. The lowest BCUT2D eigenvalue weighted by Gasteiger charge is -2.25. The molecule has 100 valence electrons. The van der Waals surface area contributed by atoms with Crippen LogP contribution in [0.15, 0.2) is 18.2 Å².